The zero-order valence-corrected chi connectivity index (χ0v) is 8.08. The lowest BCUT2D eigenvalue weighted by Crippen LogP contribution is -2.34. The van der Waals surface area contributed by atoms with Gasteiger partial charge in [-0.05, 0) is 32.2 Å². The maximum absolute atomic E-state index is 8.83. The molecule has 3 N–H and O–H groups in total. The highest BCUT2D eigenvalue weighted by atomic mass is 16.3. The topological polar surface area (TPSA) is 52.5 Å². The molecule has 3 nitrogen and oxygen atoms in total. The van der Waals surface area contributed by atoms with Crippen LogP contribution in [0.4, 0.5) is 0 Å². The molecule has 74 valence electrons. The van der Waals surface area contributed by atoms with Crippen LogP contribution >= 0.6 is 0 Å². The highest BCUT2D eigenvalue weighted by molar-refractivity contribution is 4.66. The van der Waals surface area contributed by atoms with Crippen LogP contribution in [0.25, 0.3) is 0 Å². The normalized spacial score (nSPS) is 16.0. The van der Waals surface area contributed by atoms with Crippen LogP contribution in [0.2, 0.25) is 0 Å². The summed E-state index contributed by atoms with van der Waals surface area (Å²) in [5.41, 5.74) is 0. The second kappa shape index (κ2) is 7.53. The Bertz CT molecular complexity index is 98.5. The molecule has 12 heavy (non-hydrogen) atoms. The lowest BCUT2D eigenvalue weighted by Gasteiger charge is -2.18. The summed E-state index contributed by atoms with van der Waals surface area (Å²) in [7, 11) is 0. The lowest BCUT2D eigenvalue weighted by molar-refractivity contribution is 0.206. The molecule has 0 aliphatic rings. The lowest BCUT2D eigenvalue weighted by atomic mass is 10.1. The van der Waals surface area contributed by atoms with Gasteiger partial charge in [-0.25, -0.2) is 0 Å². The Morgan fingerprint density at radius 1 is 1.17 bits per heavy atom. The highest BCUT2D eigenvalue weighted by Gasteiger charge is 2.08. The van der Waals surface area contributed by atoms with Crippen LogP contribution in [0.3, 0.4) is 0 Å². The standard InChI is InChI=1S/C9H21NO2/c1-8(7-12)9(2)10-5-3-4-6-11/h8-12H,3-7H2,1-2H3. The van der Waals surface area contributed by atoms with Crippen LogP contribution in [-0.2, 0) is 0 Å². The van der Waals surface area contributed by atoms with E-state index in [1.807, 2.05) is 6.92 Å². The second-order valence-electron chi connectivity index (χ2n) is 3.33. The van der Waals surface area contributed by atoms with E-state index in [1.54, 1.807) is 0 Å². The third kappa shape index (κ3) is 5.52. The first kappa shape index (κ1) is 11.9. The number of unbranched alkanes of at least 4 members (excludes halogenated alkanes) is 1. The van der Waals surface area contributed by atoms with E-state index in [-0.39, 0.29) is 13.2 Å². The quantitative estimate of drug-likeness (QED) is 0.490. The largest absolute Gasteiger partial charge is 0.396 e. The molecule has 0 saturated heterocycles. The first-order valence-corrected chi connectivity index (χ1v) is 4.67. The Morgan fingerprint density at radius 2 is 1.83 bits per heavy atom. The van der Waals surface area contributed by atoms with Crippen molar-refractivity contribution in [3.8, 4) is 0 Å². The summed E-state index contributed by atoms with van der Waals surface area (Å²) in [6, 6.07) is 0.355. The van der Waals surface area contributed by atoms with Gasteiger partial charge in [0.25, 0.3) is 0 Å². The number of aliphatic hydroxyl groups is 2. The van der Waals surface area contributed by atoms with Crippen LogP contribution in [0, 0.1) is 5.92 Å². The molecule has 0 spiro atoms. The molecule has 2 atom stereocenters. The van der Waals surface area contributed by atoms with E-state index in [0.717, 1.165) is 19.4 Å². The molecule has 0 aromatic carbocycles. The summed E-state index contributed by atoms with van der Waals surface area (Å²) < 4.78 is 0. The number of rotatable bonds is 7. The van der Waals surface area contributed by atoms with Gasteiger partial charge in [-0.3, -0.25) is 0 Å². The average Bonchev–Trinajstić information content (AvgIpc) is 2.10. The van der Waals surface area contributed by atoms with E-state index in [2.05, 4.69) is 12.2 Å². The van der Waals surface area contributed by atoms with Gasteiger partial charge in [0.05, 0.1) is 0 Å². The maximum Gasteiger partial charge on any atom is 0.0471 e. The molecule has 0 aromatic rings. The van der Waals surface area contributed by atoms with E-state index in [1.165, 1.54) is 0 Å². The van der Waals surface area contributed by atoms with E-state index < -0.39 is 0 Å². The molecule has 0 amide bonds. The van der Waals surface area contributed by atoms with Crippen molar-refractivity contribution in [1.29, 1.82) is 0 Å². The fourth-order valence-corrected chi connectivity index (χ4v) is 0.926. The number of hydrogen-bond acceptors (Lipinski definition) is 3. The third-order valence-electron chi connectivity index (χ3n) is 2.19. The first-order valence-electron chi connectivity index (χ1n) is 4.67. The molecule has 0 saturated carbocycles. The zero-order valence-electron chi connectivity index (χ0n) is 8.08. The van der Waals surface area contributed by atoms with Gasteiger partial charge in [0.2, 0.25) is 0 Å². The molecule has 0 radical (unpaired) electrons. The summed E-state index contributed by atoms with van der Waals surface area (Å²) >= 11 is 0. The molecule has 0 aromatic heterocycles. The summed E-state index contributed by atoms with van der Waals surface area (Å²) in [5.74, 6) is 0.305. The first-order chi connectivity index (χ1) is 5.72. The summed E-state index contributed by atoms with van der Waals surface area (Å²) in [6.07, 6.45) is 1.85. The SMILES string of the molecule is CC(CO)C(C)NCCCCO. The molecule has 0 bridgehead atoms. The van der Waals surface area contributed by atoms with Crippen molar-refractivity contribution in [2.45, 2.75) is 32.7 Å². The third-order valence-corrected chi connectivity index (χ3v) is 2.19. The molecule has 3 heteroatoms. The van der Waals surface area contributed by atoms with Crippen LogP contribution in [0.5, 0.6) is 0 Å². The molecule has 2 unspecified atom stereocenters. The van der Waals surface area contributed by atoms with E-state index >= 15 is 0 Å². The number of aliphatic hydroxyl groups excluding tert-OH is 2. The molecular weight excluding hydrogens is 154 g/mol. The van der Waals surface area contributed by atoms with Crippen LogP contribution in [-0.4, -0.2) is 36.0 Å². The zero-order chi connectivity index (χ0) is 9.40. The van der Waals surface area contributed by atoms with Crippen molar-refractivity contribution in [1.82, 2.24) is 5.32 Å². The van der Waals surface area contributed by atoms with Crippen molar-refractivity contribution < 1.29 is 10.2 Å². The molecule has 0 aliphatic heterocycles. The number of hydrogen-bond donors (Lipinski definition) is 3. The van der Waals surface area contributed by atoms with E-state index in [9.17, 15) is 0 Å². The summed E-state index contributed by atoms with van der Waals surface area (Å²) in [4.78, 5) is 0. The van der Waals surface area contributed by atoms with E-state index in [4.69, 9.17) is 10.2 Å². The van der Waals surface area contributed by atoms with Crippen LogP contribution in [0.15, 0.2) is 0 Å². The smallest absolute Gasteiger partial charge is 0.0471 e. The van der Waals surface area contributed by atoms with Crippen molar-refractivity contribution in [2.24, 2.45) is 5.92 Å². The van der Waals surface area contributed by atoms with Crippen molar-refractivity contribution in [3.63, 3.8) is 0 Å². The molecule has 0 rings (SSSR count). The second-order valence-corrected chi connectivity index (χ2v) is 3.33. The van der Waals surface area contributed by atoms with Gasteiger partial charge in [-0.15, -0.1) is 0 Å². The fourth-order valence-electron chi connectivity index (χ4n) is 0.926. The summed E-state index contributed by atoms with van der Waals surface area (Å²) in [5, 5.41) is 20.6. The van der Waals surface area contributed by atoms with Crippen LogP contribution in [0.1, 0.15) is 26.7 Å². The Balaban J connectivity index is 3.24. The van der Waals surface area contributed by atoms with Crippen molar-refractivity contribution in [3.05, 3.63) is 0 Å². The van der Waals surface area contributed by atoms with Crippen molar-refractivity contribution in [2.75, 3.05) is 19.8 Å². The van der Waals surface area contributed by atoms with Gasteiger partial charge < -0.3 is 15.5 Å². The Kier molecular flexibility index (Phi) is 7.45. The molecular formula is C9H21NO2. The minimum absolute atomic E-state index is 0.230. The van der Waals surface area contributed by atoms with Gasteiger partial charge in [0, 0.05) is 19.3 Å². The Labute approximate surface area is 74.8 Å². The minimum Gasteiger partial charge on any atom is -0.396 e. The maximum atomic E-state index is 8.83. The molecule has 0 heterocycles. The van der Waals surface area contributed by atoms with Gasteiger partial charge in [-0.1, -0.05) is 6.92 Å². The number of nitrogens with one attached hydrogen (secondary N) is 1. The molecule has 0 fully saturated rings. The average molecular weight is 175 g/mol. The fraction of sp³-hybridized carbons (Fsp3) is 1.00. The highest BCUT2D eigenvalue weighted by Crippen LogP contribution is 2.00. The van der Waals surface area contributed by atoms with Gasteiger partial charge in [0.15, 0.2) is 0 Å². The summed E-state index contributed by atoms with van der Waals surface area (Å²) in [6.45, 7) is 5.51. The van der Waals surface area contributed by atoms with E-state index in [0.29, 0.717) is 12.0 Å². The predicted octanol–water partition coefficient (Wildman–Crippen LogP) is 0.365. The van der Waals surface area contributed by atoms with Gasteiger partial charge in [0.1, 0.15) is 0 Å². The predicted molar refractivity (Wildman–Crippen MR) is 50.0 cm³/mol. The van der Waals surface area contributed by atoms with Gasteiger partial charge in [-0.2, -0.15) is 0 Å². The van der Waals surface area contributed by atoms with Crippen LogP contribution < -0.4 is 5.32 Å². The van der Waals surface area contributed by atoms with Crippen molar-refractivity contribution >= 4 is 0 Å². The Morgan fingerprint density at radius 3 is 2.33 bits per heavy atom. The molecule has 0 aliphatic carbocycles. The minimum atomic E-state index is 0.230. The van der Waals surface area contributed by atoms with Gasteiger partial charge >= 0.3 is 0 Å². The Hall–Kier alpha value is -0.120. The monoisotopic (exact) mass is 175 g/mol.